The number of carbonyl (C=O) groups excluding carboxylic acids is 2. The van der Waals surface area contributed by atoms with Crippen molar-refractivity contribution in [2.75, 3.05) is 0 Å². The van der Waals surface area contributed by atoms with Gasteiger partial charge in [-0.15, -0.1) is 11.3 Å². The molecule has 0 radical (unpaired) electrons. The van der Waals surface area contributed by atoms with Gasteiger partial charge in [0, 0.05) is 11.1 Å². The molecule has 6 nitrogen and oxygen atoms in total. The lowest BCUT2D eigenvalue weighted by atomic mass is 10.1. The number of nitrogens with one attached hydrogen (secondary N) is 1. The Balaban J connectivity index is 1.47. The van der Waals surface area contributed by atoms with Crippen molar-refractivity contribution in [1.29, 1.82) is 0 Å². The summed E-state index contributed by atoms with van der Waals surface area (Å²) in [6, 6.07) is 20.4. The smallest absolute Gasteiger partial charge is 0.261 e. The Hall–Kier alpha value is -3.71. The minimum absolute atomic E-state index is 0.219. The summed E-state index contributed by atoms with van der Waals surface area (Å²) in [5, 5.41) is 9.11. The Morgan fingerprint density at radius 1 is 1.06 bits per heavy atom. The van der Waals surface area contributed by atoms with Crippen LogP contribution in [0.15, 0.2) is 84.5 Å². The third-order valence-corrected chi connectivity index (χ3v) is 5.56. The molecule has 1 N–H and O–H groups in total. The summed E-state index contributed by atoms with van der Waals surface area (Å²) >= 11 is 1.58. The lowest BCUT2D eigenvalue weighted by Crippen LogP contribution is -2.36. The number of nitrogens with zero attached hydrogens (tertiary/aromatic N) is 2. The van der Waals surface area contributed by atoms with E-state index in [9.17, 15) is 9.59 Å². The van der Waals surface area contributed by atoms with Crippen molar-refractivity contribution in [3.63, 3.8) is 0 Å². The topological polar surface area (TPSA) is 73.2 Å². The van der Waals surface area contributed by atoms with Crippen LogP contribution in [0.2, 0.25) is 0 Å². The van der Waals surface area contributed by atoms with Gasteiger partial charge in [-0.1, -0.05) is 36.4 Å². The van der Waals surface area contributed by atoms with Crippen molar-refractivity contribution in [2.24, 2.45) is 0 Å². The number of benzene rings is 2. The molecule has 4 aromatic rings. The normalized spacial score (nSPS) is 11.6. The van der Waals surface area contributed by atoms with Crippen molar-refractivity contribution in [2.45, 2.75) is 19.6 Å². The van der Waals surface area contributed by atoms with Crippen molar-refractivity contribution >= 4 is 23.0 Å². The zero-order chi connectivity index (χ0) is 21.6. The van der Waals surface area contributed by atoms with Gasteiger partial charge in [0.25, 0.3) is 5.91 Å². The van der Waals surface area contributed by atoms with Crippen LogP contribution in [-0.2, 0) is 11.3 Å². The number of hydrogen-bond donors (Lipinski definition) is 1. The number of ketones is 1. The van der Waals surface area contributed by atoms with Crippen LogP contribution in [0.3, 0.4) is 0 Å². The van der Waals surface area contributed by atoms with Crippen molar-refractivity contribution in [1.82, 2.24) is 15.1 Å². The van der Waals surface area contributed by atoms with Gasteiger partial charge >= 0.3 is 0 Å². The van der Waals surface area contributed by atoms with Gasteiger partial charge in [0.05, 0.1) is 29.6 Å². The fourth-order valence-corrected chi connectivity index (χ4v) is 3.69. The molecule has 156 valence electrons. The van der Waals surface area contributed by atoms with Gasteiger partial charge in [-0.3, -0.25) is 9.59 Å². The van der Waals surface area contributed by atoms with Gasteiger partial charge < -0.3 is 10.1 Å². The maximum Gasteiger partial charge on any atom is 0.261 e. The van der Waals surface area contributed by atoms with E-state index in [1.165, 1.54) is 6.20 Å². The molecule has 2 heterocycles. The molecule has 0 saturated heterocycles. The molecule has 1 atom stereocenters. The first-order valence-electron chi connectivity index (χ1n) is 9.82. The van der Waals surface area contributed by atoms with Crippen LogP contribution >= 0.6 is 11.3 Å². The molecule has 0 spiro atoms. The number of aromatic nitrogens is 2. The summed E-state index contributed by atoms with van der Waals surface area (Å²) in [4.78, 5) is 26.6. The third kappa shape index (κ3) is 4.90. The number of hydrogen-bond acceptors (Lipinski definition) is 5. The van der Waals surface area contributed by atoms with Gasteiger partial charge in [0.2, 0.25) is 0 Å². The van der Waals surface area contributed by atoms with Crippen LogP contribution in [0, 0.1) is 0 Å². The Morgan fingerprint density at radius 2 is 1.84 bits per heavy atom. The first kappa shape index (κ1) is 20.6. The molecule has 0 bridgehead atoms. The second-order valence-corrected chi connectivity index (χ2v) is 7.92. The van der Waals surface area contributed by atoms with Gasteiger partial charge in [0.15, 0.2) is 11.9 Å². The van der Waals surface area contributed by atoms with Crippen LogP contribution < -0.4 is 10.1 Å². The molecular formula is C24H21N3O3S. The molecule has 0 saturated carbocycles. The van der Waals surface area contributed by atoms with Crippen molar-refractivity contribution in [3.8, 4) is 11.4 Å². The Morgan fingerprint density at radius 3 is 2.61 bits per heavy atom. The third-order valence-electron chi connectivity index (χ3n) is 4.69. The SMILES string of the molecule is C[C@H](Oc1ccccc1C(=O)c1cnn(-c2ccccc2)c1)C(=O)NCc1cccs1. The average Bonchev–Trinajstić information content (AvgIpc) is 3.50. The summed E-state index contributed by atoms with van der Waals surface area (Å²) in [7, 11) is 0. The first-order valence-corrected chi connectivity index (χ1v) is 10.7. The molecular weight excluding hydrogens is 410 g/mol. The summed E-state index contributed by atoms with van der Waals surface area (Å²) in [6.45, 7) is 2.11. The molecule has 7 heteroatoms. The fourth-order valence-electron chi connectivity index (χ4n) is 3.05. The molecule has 0 aliphatic rings. The summed E-state index contributed by atoms with van der Waals surface area (Å²) < 4.78 is 7.50. The Labute approximate surface area is 184 Å². The molecule has 0 unspecified atom stereocenters. The number of rotatable bonds is 8. The molecule has 0 aliphatic carbocycles. The highest BCUT2D eigenvalue weighted by Crippen LogP contribution is 2.23. The maximum absolute atomic E-state index is 13.1. The summed E-state index contributed by atoms with van der Waals surface area (Å²) in [5.41, 5.74) is 1.69. The molecule has 4 rings (SSSR count). The molecule has 1 amide bonds. The Kier molecular flexibility index (Phi) is 6.24. The molecule has 31 heavy (non-hydrogen) atoms. The van der Waals surface area contributed by atoms with E-state index in [0.29, 0.717) is 23.4 Å². The minimum atomic E-state index is -0.749. The quantitative estimate of drug-likeness (QED) is 0.423. The van der Waals surface area contributed by atoms with Crippen molar-refractivity contribution in [3.05, 3.63) is 101 Å². The first-order chi connectivity index (χ1) is 15.1. The molecule has 2 aromatic carbocycles. The number of amides is 1. The highest BCUT2D eigenvalue weighted by Gasteiger charge is 2.20. The standard InChI is InChI=1S/C24H21N3O3S/c1-17(24(29)25-15-20-10-7-13-31-20)30-22-12-6-5-11-21(22)23(28)18-14-26-27(16-18)19-8-3-2-4-9-19/h2-14,16-17H,15H2,1H3,(H,25,29)/t17-/m0/s1. The van der Waals surface area contributed by atoms with Crippen LogP contribution in [0.4, 0.5) is 0 Å². The molecule has 0 fully saturated rings. The Bertz CT molecular complexity index is 1170. The van der Waals surface area contributed by atoms with Crippen LogP contribution in [-0.4, -0.2) is 27.6 Å². The van der Waals surface area contributed by atoms with E-state index in [4.69, 9.17) is 4.74 Å². The molecule has 2 aromatic heterocycles. The lowest BCUT2D eigenvalue weighted by Gasteiger charge is -2.16. The van der Waals surface area contributed by atoms with E-state index in [1.807, 2.05) is 47.8 Å². The second kappa shape index (κ2) is 9.40. The van der Waals surface area contributed by atoms with E-state index in [-0.39, 0.29) is 11.7 Å². The van der Waals surface area contributed by atoms with E-state index >= 15 is 0 Å². The number of carbonyl (C=O) groups is 2. The fraction of sp³-hybridized carbons (Fsp3) is 0.125. The highest BCUT2D eigenvalue weighted by atomic mass is 32.1. The predicted molar refractivity (Wildman–Crippen MR) is 120 cm³/mol. The van der Waals surface area contributed by atoms with Gasteiger partial charge in [-0.25, -0.2) is 4.68 Å². The minimum Gasteiger partial charge on any atom is -0.480 e. The summed E-state index contributed by atoms with van der Waals surface area (Å²) in [5.74, 6) is -0.102. The zero-order valence-corrected chi connectivity index (χ0v) is 17.7. The number of para-hydroxylation sites is 2. The van der Waals surface area contributed by atoms with E-state index in [2.05, 4.69) is 10.4 Å². The van der Waals surface area contributed by atoms with Gasteiger partial charge in [-0.2, -0.15) is 5.10 Å². The maximum atomic E-state index is 13.1. The number of ether oxygens (including phenoxy) is 1. The van der Waals surface area contributed by atoms with Crippen LogP contribution in [0.5, 0.6) is 5.75 Å². The van der Waals surface area contributed by atoms with Gasteiger partial charge in [-0.05, 0) is 42.6 Å². The summed E-state index contributed by atoms with van der Waals surface area (Å²) in [6.07, 6.45) is 2.47. The van der Waals surface area contributed by atoms with E-state index < -0.39 is 6.10 Å². The highest BCUT2D eigenvalue weighted by molar-refractivity contribution is 7.09. The largest absolute Gasteiger partial charge is 0.480 e. The molecule has 0 aliphatic heterocycles. The zero-order valence-electron chi connectivity index (χ0n) is 16.9. The van der Waals surface area contributed by atoms with E-state index in [1.54, 1.807) is 53.4 Å². The van der Waals surface area contributed by atoms with Crippen LogP contribution in [0.25, 0.3) is 5.69 Å². The van der Waals surface area contributed by atoms with Crippen molar-refractivity contribution < 1.29 is 14.3 Å². The second-order valence-electron chi connectivity index (χ2n) is 6.89. The number of thiophene rings is 1. The monoisotopic (exact) mass is 431 g/mol. The predicted octanol–water partition coefficient (Wildman–Crippen LogP) is 4.25. The van der Waals surface area contributed by atoms with Crippen LogP contribution in [0.1, 0.15) is 27.7 Å². The lowest BCUT2D eigenvalue weighted by molar-refractivity contribution is -0.127. The average molecular weight is 432 g/mol. The van der Waals surface area contributed by atoms with Gasteiger partial charge in [0.1, 0.15) is 5.75 Å². The van der Waals surface area contributed by atoms with E-state index in [0.717, 1.165) is 10.6 Å².